The van der Waals surface area contributed by atoms with Gasteiger partial charge >= 0.3 is 5.97 Å². The summed E-state index contributed by atoms with van der Waals surface area (Å²) < 4.78 is 6.11. The van der Waals surface area contributed by atoms with Crippen LogP contribution in [0.1, 0.15) is 17.4 Å². The topological polar surface area (TPSA) is 61.2 Å². The number of ketones is 1. The number of benzene rings is 1. The van der Waals surface area contributed by atoms with Crippen molar-refractivity contribution >= 4 is 22.7 Å². The number of esters is 1. The molecule has 0 aliphatic rings. The zero-order valence-electron chi connectivity index (χ0n) is 9.64. The molecule has 1 aromatic heterocycles. The molecule has 0 amide bonds. The van der Waals surface area contributed by atoms with Crippen LogP contribution in [0.4, 0.5) is 0 Å². The standard InChI is InChI=1S/C12H12N2O3/c1-3-17-12(16)11(15)10-8-6-4-5-7-9(8)13-14(10)2/h4-7H,3H2,1-2H3. The monoisotopic (exact) mass is 232 g/mol. The molecule has 2 aromatic rings. The van der Waals surface area contributed by atoms with Gasteiger partial charge in [0.15, 0.2) is 0 Å². The summed E-state index contributed by atoms with van der Waals surface area (Å²) in [6.45, 7) is 1.84. The minimum atomic E-state index is -0.846. The molecular formula is C12H12N2O3. The fourth-order valence-corrected chi connectivity index (χ4v) is 1.71. The van der Waals surface area contributed by atoms with Crippen LogP contribution in [0.5, 0.6) is 0 Å². The van der Waals surface area contributed by atoms with Crippen LogP contribution < -0.4 is 0 Å². The van der Waals surface area contributed by atoms with E-state index in [9.17, 15) is 9.59 Å². The molecule has 5 heteroatoms. The number of carbonyl (C=O) groups excluding carboxylic acids is 2. The molecule has 0 aliphatic carbocycles. The van der Waals surface area contributed by atoms with Crippen molar-refractivity contribution in [3.63, 3.8) is 0 Å². The van der Waals surface area contributed by atoms with E-state index in [0.717, 1.165) is 0 Å². The lowest BCUT2D eigenvalue weighted by Crippen LogP contribution is -2.20. The summed E-state index contributed by atoms with van der Waals surface area (Å²) in [6.07, 6.45) is 0. The molecule has 0 saturated heterocycles. The van der Waals surface area contributed by atoms with Gasteiger partial charge in [-0.25, -0.2) is 4.79 Å². The summed E-state index contributed by atoms with van der Waals surface area (Å²) in [5, 5.41) is 4.82. The zero-order valence-corrected chi connectivity index (χ0v) is 9.64. The van der Waals surface area contributed by atoms with Crippen molar-refractivity contribution in [2.45, 2.75) is 6.92 Å². The molecule has 0 bridgehead atoms. The highest BCUT2D eigenvalue weighted by Gasteiger charge is 2.23. The van der Waals surface area contributed by atoms with Crippen molar-refractivity contribution < 1.29 is 14.3 Å². The first-order chi connectivity index (χ1) is 8.15. The third-order valence-electron chi connectivity index (χ3n) is 2.42. The third-order valence-corrected chi connectivity index (χ3v) is 2.42. The first-order valence-corrected chi connectivity index (χ1v) is 5.28. The number of fused-ring (bicyclic) bond motifs is 1. The van der Waals surface area contributed by atoms with Gasteiger partial charge in [-0.1, -0.05) is 18.2 Å². The maximum atomic E-state index is 11.9. The Kier molecular flexibility index (Phi) is 2.91. The van der Waals surface area contributed by atoms with Crippen LogP contribution in [-0.2, 0) is 16.6 Å². The molecule has 0 unspecified atom stereocenters. The number of aryl methyl sites for hydroxylation is 1. The summed E-state index contributed by atoms with van der Waals surface area (Å²) in [6, 6.07) is 7.17. The number of rotatable bonds is 3. The van der Waals surface area contributed by atoms with Crippen molar-refractivity contribution in [3.8, 4) is 0 Å². The quantitative estimate of drug-likeness (QED) is 0.455. The van der Waals surface area contributed by atoms with Gasteiger partial charge in [0.05, 0.1) is 12.1 Å². The predicted molar refractivity (Wildman–Crippen MR) is 61.7 cm³/mol. The van der Waals surface area contributed by atoms with Crippen LogP contribution in [0, 0.1) is 0 Å². The second-order valence-corrected chi connectivity index (χ2v) is 3.54. The van der Waals surface area contributed by atoms with Gasteiger partial charge in [0.2, 0.25) is 0 Å². The Morgan fingerprint density at radius 1 is 1.35 bits per heavy atom. The molecule has 88 valence electrons. The van der Waals surface area contributed by atoms with E-state index in [1.807, 2.05) is 6.07 Å². The largest absolute Gasteiger partial charge is 0.460 e. The summed E-state index contributed by atoms with van der Waals surface area (Å²) in [7, 11) is 1.63. The Balaban J connectivity index is 2.51. The fourth-order valence-electron chi connectivity index (χ4n) is 1.71. The Bertz CT molecular complexity index is 586. The molecule has 0 aliphatic heterocycles. The van der Waals surface area contributed by atoms with E-state index in [1.165, 1.54) is 4.68 Å². The van der Waals surface area contributed by atoms with E-state index >= 15 is 0 Å². The number of hydrogen-bond donors (Lipinski definition) is 0. The average Bonchev–Trinajstić information content (AvgIpc) is 2.64. The summed E-state index contributed by atoms with van der Waals surface area (Å²) in [5.74, 6) is -1.51. The first kappa shape index (κ1) is 11.3. The van der Waals surface area contributed by atoms with Crippen molar-refractivity contribution in [1.82, 2.24) is 9.78 Å². The van der Waals surface area contributed by atoms with Gasteiger partial charge < -0.3 is 4.74 Å². The Morgan fingerprint density at radius 3 is 2.76 bits per heavy atom. The summed E-state index contributed by atoms with van der Waals surface area (Å²) >= 11 is 0. The number of Topliss-reactive ketones (excluding diaryl/α,β-unsaturated/α-hetero) is 1. The van der Waals surface area contributed by atoms with Gasteiger partial charge in [0.25, 0.3) is 5.78 Å². The molecule has 2 rings (SSSR count). The zero-order chi connectivity index (χ0) is 12.4. The molecule has 17 heavy (non-hydrogen) atoms. The molecule has 0 saturated carbocycles. The van der Waals surface area contributed by atoms with Crippen LogP contribution in [0.3, 0.4) is 0 Å². The minimum absolute atomic E-state index is 0.181. The predicted octanol–water partition coefficient (Wildman–Crippen LogP) is 1.32. The normalized spacial score (nSPS) is 10.5. The molecular weight excluding hydrogens is 220 g/mol. The highest BCUT2D eigenvalue weighted by atomic mass is 16.5. The van der Waals surface area contributed by atoms with Crippen molar-refractivity contribution in [1.29, 1.82) is 0 Å². The lowest BCUT2D eigenvalue weighted by Gasteiger charge is -2.01. The van der Waals surface area contributed by atoms with Crippen molar-refractivity contribution in [2.24, 2.45) is 7.05 Å². The molecule has 5 nitrogen and oxygen atoms in total. The highest BCUT2D eigenvalue weighted by Crippen LogP contribution is 2.18. The SMILES string of the molecule is CCOC(=O)C(=O)c1c2ccccc2nn1C. The molecule has 0 spiro atoms. The molecule has 1 heterocycles. The number of carbonyl (C=O) groups is 2. The smallest absolute Gasteiger partial charge is 0.381 e. The summed E-state index contributed by atoms with van der Waals surface area (Å²) in [4.78, 5) is 23.3. The fraction of sp³-hybridized carbons (Fsp3) is 0.250. The van der Waals surface area contributed by atoms with Crippen LogP contribution in [0.2, 0.25) is 0 Å². The van der Waals surface area contributed by atoms with Crippen LogP contribution in [0.15, 0.2) is 24.3 Å². The molecule has 0 fully saturated rings. The molecule has 0 radical (unpaired) electrons. The molecule has 0 N–H and O–H groups in total. The lowest BCUT2D eigenvalue weighted by atomic mass is 10.1. The Labute approximate surface area is 98.0 Å². The van der Waals surface area contributed by atoms with Gasteiger partial charge in [-0.15, -0.1) is 0 Å². The third kappa shape index (κ3) is 1.91. The first-order valence-electron chi connectivity index (χ1n) is 5.28. The summed E-state index contributed by atoms with van der Waals surface area (Å²) in [5.41, 5.74) is 0.946. The second kappa shape index (κ2) is 4.37. The highest BCUT2D eigenvalue weighted by molar-refractivity contribution is 6.42. The van der Waals surface area contributed by atoms with Gasteiger partial charge in [0.1, 0.15) is 5.69 Å². The van der Waals surface area contributed by atoms with Crippen LogP contribution >= 0.6 is 0 Å². The minimum Gasteiger partial charge on any atom is -0.460 e. The number of aromatic nitrogens is 2. The van der Waals surface area contributed by atoms with Crippen molar-refractivity contribution in [3.05, 3.63) is 30.0 Å². The van der Waals surface area contributed by atoms with E-state index in [4.69, 9.17) is 4.74 Å². The Morgan fingerprint density at radius 2 is 2.06 bits per heavy atom. The lowest BCUT2D eigenvalue weighted by molar-refractivity contribution is -0.137. The van der Waals surface area contributed by atoms with E-state index < -0.39 is 11.8 Å². The van der Waals surface area contributed by atoms with E-state index in [1.54, 1.807) is 32.2 Å². The van der Waals surface area contributed by atoms with Crippen LogP contribution in [0.25, 0.3) is 10.9 Å². The van der Waals surface area contributed by atoms with Gasteiger partial charge in [0, 0.05) is 12.4 Å². The van der Waals surface area contributed by atoms with Gasteiger partial charge in [-0.2, -0.15) is 5.10 Å². The van der Waals surface area contributed by atoms with Gasteiger partial charge in [-0.3, -0.25) is 9.48 Å². The number of hydrogen-bond acceptors (Lipinski definition) is 4. The van der Waals surface area contributed by atoms with E-state index in [0.29, 0.717) is 10.9 Å². The maximum absolute atomic E-state index is 11.9. The number of ether oxygens (including phenoxy) is 1. The molecule has 1 aromatic carbocycles. The Hall–Kier alpha value is -2.17. The number of nitrogens with zero attached hydrogens (tertiary/aromatic N) is 2. The van der Waals surface area contributed by atoms with Crippen molar-refractivity contribution in [2.75, 3.05) is 6.61 Å². The molecule has 0 atom stereocenters. The average molecular weight is 232 g/mol. The van der Waals surface area contributed by atoms with Gasteiger partial charge in [-0.05, 0) is 13.0 Å². The second-order valence-electron chi connectivity index (χ2n) is 3.54. The van der Waals surface area contributed by atoms with E-state index in [-0.39, 0.29) is 12.3 Å². The maximum Gasteiger partial charge on any atom is 0.381 e. The van der Waals surface area contributed by atoms with E-state index in [2.05, 4.69) is 5.10 Å². The van der Waals surface area contributed by atoms with Crippen LogP contribution in [-0.4, -0.2) is 28.1 Å².